The van der Waals surface area contributed by atoms with Crippen molar-refractivity contribution in [3.05, 3.63) is 35.6 Å². The van der Waals surface area contributed by atoms with Crippen molar-refractivity contribution >= 4 is 12.0 Å². The van der Waals surface area contributed by atoms with Crippen LogP contribution in [-0.4, -0.2) is 56.2 Å². The highest BCUT2D eigenvalue weighted by Gasteiger charge is 2.25. The average molecular weight is 352 g/mol. The number of likely N-dealkylation sites (N-methyl/N-ethyl adjacent to an activating group) is 1. The van der Waals surface area contributed by atoms with Gasteiger partial charge in [0, 0.05) is 24.7 Å². The molecule has 0 radical (unpaired) electrons. The topological polar surface area (TPSA) is 63.1 Å². The van der Waals surface area contributed by atoms with Crippen LogP contribution >= 0.6 is 0 Å². The molecule has 2 amide bonds. The molecule has 1 aliphatic heterocycles. The number of piperidine rings is 1. The first-order chi connectivity index (χ1) is 12.0. The Balaban J connectivity index is 1.70. The van der Waals surface area contributed by atoms with Gasteiger partial charge in [-0.25, -0.2) is 9.18 Å². The maximum atomic E-state index is 12.9. The van der Waals surface area contributed by atoms with E-state index in [0.29, 0.717) is 32.8 Å². The van der Waals surface area contributed by atoms with Crippen molar-refractivity contribution in [2.24, 2.45) is 0 Å². The van der Waals surface area contributed by atoms with Gasteiger partial charge in [-0.2, -0.15) is 0 Å². The fraction of sp³-hybridized carbons (Fsp3) is 0.556. The largest absolute Gasteiger partial charge is 0.450 e. The fourth-order valence-electron chi connectivity index (χ4n) is 2.99. The molecule has 25 heavy (non-hydrogen) atoms. The second-order valence-corrected chi connectivity index (χ2v) is 6.46. The van der Waals surface area contributed by atoms with Gasteiger partial charge in [-0.15, -0.1) is 0 Å². The third-order valence-corrected chi connectivity index (χ3v) is 4.27. The molecule has 2 rings (SSSR count). The Hall–Kier alpha value is -2.15. The van der Waals surface area contributed by atoms with Gasteiger partial charge in [-0.3, -0.25) is 4.79 Å². The van der Waals surface area contributed by atoms with Crippen molar-refractivity contribution < 1.29 is 23.6 Å². The number of halogens is 1. The lowest BCUT2D eigenvalue weighted by atomic mass is 10.1. The molecule has 1 aromatic carbocycles. The number of nitrogens with zero attached hydrogens (tertiary/aromatic N) is 1. The first-order valence-electron chi connectivity index (χ1n) is 8.74. The fourth-order valence-corrected chi connectivity index (χ4v) is 2.99. The van der Waals surface area contributed by atoms with E-state index >= 15 is 0 Å². The molecule has 1 atom stereocenters. The molecule has 0 saturated carbocycles. The van der Waals surface area contributed by atoms with E-state index in [4.69, 9.17) is 4.74 Å². The van der Waals surface area contributed by atoms with Gasteiger partial charge in [0.15, 0.2) is 6.54 Å². The highest BCUT2D eigenvalue weighted by molar-refractivity contribution is 5.77. The lowest BCUT2D eigenvalue weighted by Gasteiger charge is -2.31. The first kappa shape index (κ1) is 19.2. The van der Waals surface area contributed by atoms with Gasteiger partial charge in [0.2, 0.25) is 0 Å². The zero-order chi connectivity index (χ0) is 18.2. The summed E-state index contributed by atoms with van der Waals surface area (Å²) in [6.45, 7) is 4.38. The lowest BCUT2D eigenvalue weighted by Crippen LogP contribution is -3.09. The number of amides is 2. The number of nitrogens with one attached hydrogen (secondary N) is 2. The van der Waals surface area contributed by atoms with Crippen molar-refractivity contribution in [3.63, 3.8) is 0 Å². The van der Waals surface area contributed by atoms with Crippen LogP contribution < -0.4 is 10.2 Å². The van der Waals surface area contributed by atoms with Crippen molar-refractivity contribution in [1.82, 2.24) is 10.2 Å². The number of hydrogen-bond donors (Lipinski definition) is 2. The summed E-state index contributed by atoms with van der Waals surface area (Å²) in [5.41, 5.74) is 0.995. The molecule has 6 nitrogen and oxygen atoms in total. The Bertz CT molecular complexity index is 571. The molecule has 1 saturated heterocycles. The molecule has 1 aliphatic rings. The number of hydrogen-bond acceptors (Lipinski definition) is 3. The number of likely N-dealkylation sites (tertiary alicyclic amines) is 1. The molecule has 0 spiro atoms. The summed E-state index contributed by atoms with van der Waals surface area (Å²) < 4.78 is 17.9. The Morgan fingerprint density at radius 2 is 1.92 bits per heavy atom. The third-order valence-electron chi connectivity index (χ3n) is 4.27. The van der Waals surface area contributed by atoms with Gasteiger partial charge in [-0.05, 0) is 31.9 Å². The highest BCUT2D eigenvalue weighted by Crippen LogP contribution is 2.11. The molecule has 1 fully saturated rings. The number of rotatable bonds is 6. The lowest BCUT2D eigenvalue weighted by molar-refractivity contribution is -0.885. The molecule has 2 N–H and O–H groups in total. The van der Waals surface area contributed by atoms with E-state index in [1.807, 2.05) is 7.05 Å². The van der Waals surface area contributed by atoms with E-state index in [-0.39, 0.29) is 23.9 Å². The number of quaternary nitrogens is 1. The van der Waals surface area contributed by atoms with Crippen LogP contribution in [0.3, 0.4) is 0 Å². The zero-order valence-electron chi connectivity index (χ0n) is 14.9. The van der Waals surface area contributed by atoms with Crippen LogP contribution in [0.2, 0.25) is 0 Å². The van der Waals surface area contributed by atoms with Gasteiger partial charge in [-0.1, -0.05) is 12.1 Å². The average Bonchev–Trinajstić information content (AvgIpc) is 2.57. The summed E-state index contributed by atoms with van der Waals surface area (Å²) in [6.07, 6.45) is 1.19. The zero-order valence-corrected chi connectivity index (χ0v) is 14.9. The van der Waals surface area contributed by atoms with E-state index < -0.39 is 0 Å². The number of carbonyl (C=O) groups excluding carboxylic acids is 2. The Labute approximate surface area is 147 Å². The van der Waals surface area contributed by atoms with Crippen molar-refractivity contribution in [3.8, 4) is 0 Å². The number of carbonyl (C=O) groups is 2. The Morgan fingerprint density at radius 1 is 1.28 bits per heavy atom. The minimum Gasteiger partial charge on any atom is -0.450 e. The Kier molecular flexibility index (Phi) is 7.18. The summed E-state index contributed by atoms with van der Waals surface area (Å²) in [5.74, 6) is -0.262. The van der Waals surface area contributed by atoms with E-state index in [1.54, 1.807) is 24.0 Å². The van der Waals surface area contributed by atoms with Crippen molar-refractivity contribution in [1.29, 1.82) is 0 Å². The number of ether oxygens (including phenoxy) is 1. The molecule has 1 unspecified atom stereocenters. The molecule has 7 heteroatoms. The van der Waals surface area contributed by atoms with Crippen LogP contribution in [0.25, 0.3) is 0 Å². The minimum atomic E-state index is -0.282. The summed E-state index contributed by atoms with van der Waals surface area (Å²) in [7, 11) is 1.94. The molecule has 1 heterocycles. The van der Waals surface area contributed by atoms with Crippen LogP contribution in [0.4, 0.5) is 9.18 Å². The van der Waals surface area contributed by atoms with E-state index in [0.717, 1.165) is 23.3 Å². The van der Waals surface area contributed by atoms with Crippen molar-refractivity contribution in [2.45, 2.75) is 32.4 Å². The Morgan fingerprint density at radius 3 is 2.52 bits per heavy atom. The van der Waals surface area contributed by atoms with E-state index in [2.05, 4.69) is 5.32 Å². The molecular formula is C18H27FN3O3+. The monoisotopic (exact) mass is 352 g/mol. The standard InChI is InChI=1S/C18H26FN3O3/c1-3-25-18(24)22-10-8-16(9-11-22)20-17(23)13-21(2)12-14-4-6-15(19)7-5-14/h4-7,16H,3,8-13H2,1-2H3,(H,20,23)/p+1. The summed E-state index contributed by atoms with van der Waals surface area (Å²) in [5, 5.41) is 3.04. The van der Waals surface area contributed by atoms with Crippen LogP contribution in [0, 0.1) is 5.82 Å². The summed E-state index contributed by atoms with van der Waals surface area (Å²) in [6, 6.07) is 6.43. The summed E-state index contributed by atoms with van der Waals surface area (Å²) >= 11 is 0. The molecular weight excluding hydrogens is 325 g/mol. The smallest absolute Gasteiger partial charge is 0.409 e. The molecule has 1 aromatic rings. The SMILES string of the molecule is CCOC(=O)N1CCC(NC(=O)C[NH+](C)Cc2ccc(F)cc2)CC1. The quantitative estimate of drug-likeness (QED) is 0.787. The van der Waals surface area contributed by atoms with Gasteiger partial charge < -0.3 is 19.9 Å². The first-order valence-corrected chi connectivity index (χ1v) is 8.74. The van der Waals surface area contributed by atoms with Crippen LogP contribution in [0.1, 0.15) is 25.3 Å². The summed E-state index contributed by atoms with van der Waals surface area (Å²) in [4.78, 5) is 26.6. The molecule has 0 aliphatic carbocycles. The van der Waals surface area contributed by atoms with Gasteiger partial charge in [0.25, 0.3) is 5.91 Å². The predicted molar refractivity (Wildman–Crippen MR) is 91.6 cm³/mol. The third kappa shape index (κ3) is 6.34. The predicted octanol–water partition coefficient (Wildman–Crippen LogP) is 0.578. The second kappa shape index (κ2) is 9.36. The molecule has 0 aromatic heterocycles. The van der Waals surface area contributed by atoms with Gasteiger partial charge in [0.1, 0.15) is 12.4 Å². The van der Waals surface area contributed by atoms with Crippen molar-refractivity contribution in [2.75, 3.05) is 33.3 Å². The maximum absolute atomic E-state index is 12.9. The van der Waals surface area contributed by atoms with Gasteiger partial charge >= 0.3 is 6.09 Å². The molecule has 0 bridgehead atoms. The van der Waals surface area contributed by atoms with Gasteiger partial charge in [0.05, 0.1) is 13.7 Å². The second-order valence-electron chi connectivity index (χ2n) is 6.46. The normalized spacial score (nSPS) is 16.4. The highest BCUT2D eigenvalue weighted by atomic mass is 19.1. The molecule has 138 valence electrons. The number of benzene rings is 1. The van der Waals surface area contributed by atoms with E-state index in [1.165, 1.54) is 12.1 Å². The van der Waals surface area contributed by atoms with Crippen LogP contribution in [0.15, 0.2) is 24.3 Å². The van der Waals surface area contributed by atoms with Crippen LogP contribution in [-0.2, 0) is 16.1 Å². The van der Waals surface area contributed by atoms with E-state index in [9.17, 15) is 14.0 Å². The van der Waals surface area contributed by atoms with Crippen LogP contribution in [0.5, 0.6) is 0 Å². The minimum absolute atomic E-state index is 0.00537. The maximum Gasteiger partial charge on any atom is 0.409 e.